The van der Waals surface area contributed by atoms with Gasteiger partial charge in [0, 0.05) is 11.9 Å². The maximum Gasteiger partial charge on any atom is 2.00 e. The summed E-state index contributed by atoms with van der Waals surface area (Å²) >= 11 is 0. The van der Waals surface area contributed by atoms with Crippen LogP contribution in [0.15, 0.2) is 0 Å². The van der Waals surface area contributed by atoms with Gasteiger partial charge in [0.05, 0.1) is 12.8 Å². The zero-order valence-corrected chi connectivity index (χ0v) is 15.4. The molecule has 0 radical (unpaired) electrons. The molecule has 0 heterocycles. The van der Waals surface area contributed by atoms with Crippen LogP contribution in [0.25, 0.3) is 0 Å². The van der Waals surface area contributed by atoms with Crippen LogP contribution in [0.5, 0.6) is 0 Å². The Morgan fingerprint density at radius 1 is 0.792 bits per heavy atom. The second-order valence-corrected chi connectivity index (χ2v) is 3.93. The van der Waals surface area contributed by atoms with Gasteiger partial charge in [0.25, 0.3) is 0 Å². The van der Waals surface area contributed by atoms with Crippen LogP contribution >= 0.6 is 0 Å². The van der Waals surface area contributed by atoms with Crippen molar-refractivity contribution in [3.63, 3.8) is 0 Å². The van der Waals surface area contributed by atoms with E-state index in [4.69, 9.17) is 20.4 Å². The number of hydrogen-bond acceptors (Lipinski definition) is 8. The second-order valence-electron chi connectivity index (χ2n) is 3.93. The summed E-state index contributed by atoms with van der Waals surface area (Å²) < 4.78 is 0. The van der Waals surface area contributed by atoms with Crippen molar-refractivity contribution < 1.29 is 54.6 Å². The quantitative estimate of drug-likeness (QED) is 0.321. The molecule has 134 valence electrons. The van der Waals surface area contributed by atoms with Gasteiger partial charge in [-0.15, -0.1) is 0 Å². The number of carboxylic acid groups (broad SMARTS) is 5. The van der Waals surface area contributed by atoms with Gasteiger partial charge < -0.3 is 40.2 Å². The van der Waals surface area contributed by atoms with Crippen LogP contribution in [0.2, 0.25) is 0 Å². The van der Waals surface area contributed by atoms with E-state index in [-0.39, 0.29) is 50.6 Å². The molecule has 0 aromatic carbocycles. The SMILES string of the molecule is CCC(=O)[O-].CCC(=O)[O-].O=C(O)CC(O)(CC(=O)O)C(=O)O.[Ca+2]. The van der Waals surface area contributed by atoms with E-state index in [1.54, 1.807) is 0 Å². The van der Waals surface area contributed by atoms with Crippen LogP contribution < -0.4 is 10.2 Å². The minimum atomic E-state index is -2.74. The van der Waals surface area contributed by atoms with Gasteiger partial charge in [-0.3, -0.25) is 9.59 Å². The van der Waals surface area contributed by atoms with Crippen molar-refractivity contribution in [3.8, 4) is 0 Å². The van der Waals surface area contributed by atoms with E-state index in [1.807, 2.05) is 0 Å². The summed E-state index contributed by atoms with van der Waals surface area (Å²) in [5, 5.41) is 52.3. The van der Waals surface area contributed by atoms with Gasteiger partial charge in [-0.2, -0.15) is 0 Å². The molecule has 0 aliphatic heterocycles. The van der Waals surface area contributed by atoms with Crippen molar-refractivity contribution >= 4 is 67.6 Å². The Kier molecular flexibility index (Phi) is 20.8. The summed E-state index contributed by atoms with van der Waals surface area (Å²) in [6.07, 6.45) is -2.07. The molecule has 0 spiro atoms. The van der Waals surface area contributed by atoms with E-state index in [0.717, 1.165) is 0 Å². The maximum atomic E-state index is 10.3. The van der Waals surface area contributed by atoms with Crippen LogP contribution in [-0.2, 0) is 24.0 Å². The Morgan fingerprint density at radius 3 is 1.08 bits per heavy atom. The van der Waals surface area contributed by atoms with Crippen LogP contribution in [0, 0.1) is 0 Å². The molecule has 0 aromatic rings. The molecule has 0 saturated heterocycles. The molecule has 11 nitrogen and oxygen atoms in total. The van der Waals surface area contributed by atoms with E-state index < -0.39 is 48.3 Å². The van der Waals surface area contributed by atoms with Crippen molar-refractivity contribution in [1.29, 1.82) is 0 Å². The molecule has 0 amide bonds. The van der Waals surface area contributed by atoms with Crippen LogP contribution in [0.3, 0.4) is 0 Å². The third-order valence-corrected chi connectivity index (χ3v) is 1.86. The molecule has 0 unspecified atom stereocenters. The number of rotatable bonds is 7. The molecular formula is C12H18CaO11. The van der Waals surface area contributed by atoms with E-state index in [2.05, 4.69) is 0 Å². The first-order chi connectivity index (χ1) is 10.3. The average molecular weight is 378 g/mol. The van der Waals surface area contributed by atoms with Crippen molar-refractivity contribution in [2.45, 2.75) is 45.1 Å². The van der Waals surface area contributed by atoms with E-state index in [1.165, 1.54) is 13.8 Å². The van der Waals surface area contributed by atoms with Crippen LogP contribution in [0.1, 0.15) is 39.5 Å². The van der Waals surface area contributed by atoms with Gasteiger partial charge in [0.15, 0.2) is 5.60 Å². The summed E-state index contributed by atoms with van der Waals surface area (Å²) in [6.45, 7) is 3.07. The molecule has 0 aliphatic carbocycles. The molecule has 12 heteroatoms. The van der Waals surface area contributed by atoms with Gasteiger partial charge in [-0.25, -0.2) is 4.79 Å². The molecule has 0 atom stereocenters. The van der Waals surface area contributed by atoms with Crippen molar-refractivity contribution in [1.82, 2.24) is 0 Å². The predicted molar refractivity (Wildman–Crippen MR) is 73.4 cm³/mol. The summed E-state index contributed by atoms with van der Waals surface area (Å²) in [4.78, 5) is 49.0. The molecule has 0 aromatic heterocycles. The average Bonchev–Trinajstić information content (AvgIpc) is 2.37. The Balaban J connectivity index is -0.000000151. The third kappa shape index (κ3) is 22.8. The fourth-order valence-corrected chi connectivity index (χ4v) is 0.714. The zero-order valence-electron chi connectivity index (χ0n) is 13.2. The van der Waals surface area contributed by atoms with Crippen LogP contribution in [-0.4, -0.2) is 93.6 Å². The molecule has 0 saturated carbocycles. The number of hydrogen-bond donors (Lipinski definition) is 4. The molecule has 0 rings (SSSR count). The monoisotopic (exact) mass is 378 g/mol. The minimum absolute atomic E-state index is 0. The van der Waals surface area contributed by atoms with Gasteiger partial charge in [0.1, 0.15) is 0 Å². The van der Waals surface area contributed by atoms with E-state index >= 15 is 0 Å². The number of aliphatic carboxylic acids is 5. The Labute approximate surface area is 166 Å². The second kappa shape index (κ2) is 16.4. The number of carbonyl (C=O) groups excluding carboxylic acids is 2. The van der Waals surface area contributed by atoms with Crippen molar-refractivity contribution in [2.24, 2.45) is 0 Å². The van der Waals surface area contributed by atoms with Gasteiger partial charge in [-0.05, 0) is 12.8 Å². The topological polar surface area (TPSA) is 212 Å². The summed E-state index contributed by atoms with van der Waals surface area (Å²) in [5.74, 6) is -7.01. The van der Waals surface area contributed by atoms with Crippen molar-refractivity contribution in [2.75, 3.05) is 0 Å². The van der Waals surface area contributed by atoms with Crippen molar-refractivity contribution in [3.05, 3.63) is 0 Å². The fraction of sp³-hybridized carbons (Fsp3) is 0.583. The third-order valence-electron chi connectivity index (χ3n) is 1.86. The summed E-state index contributed by atoms with van der Waals surface area (Å²) in [7, 11) is 0. The van der Waals surface area contributed by atoms with E-state index in [9.17, 15) is 34.2 Å². The molecule has 0 aliphatic rings. The zero-order chi connectivity index (χ0) is 19.2. The predicted octanol–water partition coefficient (Wildman–Crippen LogP) is -3.34. The Hall–Kier alpha value is -1.43. The Bertz CT molecular complexity index is 403. The molecular weight excluding hydrogens is 360 g/mol. The van der Waals surface area contributed by atoms with E-state index in [0.29, 0.717) is 0 Å². The first kappa shape index (κ1) is 30.5. The smallest absolute Gasteiger partial charge is 0.550 e. The number of carboxylic acids is 5. The maximum absolute atomic E-state index is 10.3. The molecule has 4 N–H and O–H groups in total. The first-order valence-electron chi connectivity index (χ1n) is 6.11. The molecule has 0 bridgehead atoms. The largest absolute Gasteiger partial charge is 2.00 e. The van der Waals surface area contributed by atoms with Gasteiger partial charge >= 0.3 is 55.6 Å². The summed E-state index contributed by atoms with van der Waals surface area (Å²) in [6, 6.07) is 0. The van der Waals surface area contributed by atoms with Crippen LogP contribution in [0.4, 0.5) is 0 Å². The van der Waals surface area contributed by atoms with Gasteiger partial charge in [-0.1, -0.05) is 13.8 Å². The standard InChI is InChI=1S/C6H8O7.2C3H6O2.Ca/c7-3(8)1-6(13,5(11)12)2-4(9)10;2*1-2-3(4)5;/h13H,1-2H2,(H,7,8)(H,9,10)(H,11,12);2*2H2,1H3,(H,4,5);/q;;;+2/p-2. The first-order valence-corrected chi connectivity index (χ1v) is 6.11. The summed E-state index contributed by atoms with van der Waals surface area (Å²) in [5.41, 5.74) is -2.74. The minimum Gasteiger partial charge on any atom is -0.550 e. The molecule has 24 heavy (non-hydrogen) atoms. The van der Waals surface area contributed by atoms with Gasteiger partial charge in [0.2, 0.25) is 0 Å². The number of carbonyl (C=O) groups is 5. The Morgan fingerprint density at radius 2 is 1.00 bits per heavy atom. The molecule has 0 fully saturated rings. The number of aliphatic hydroxyl groups is 1. The fourth-order valence-electron chi connectivity index (χ4n) is 0.714. The normalized spacial score (nSPS) is 8.96.